The standard InChI is InChI=1S/C18H21O/c1-18(2,3)16-11-9-15(10-12-16)13-14-19-17-7-5-4-6-8-17/h4-13H,14H2,1-3H3. The van der Waals surface area contributed by atoms with Gasteiger partial charge in [-0.25, -0.2) is 0 Å². The third kappa shape index (κ3) is 4.13. The van der Waals surface area contributed by atoms with Crippen molar-refractivity contribution >= 4 is 0 Å². The lowest BCUT2D eigenvalue weighted by molar-refractivity contribution is 0.352. The Hall–Kier alpha value is -1.76. The highest BCUT2D eigenvalue weighted by atomic mass is 16.5. The summed E-state index contributed by atoms with van der Waals surface area (Å²) >= 11 is 0. The molecule has 0 aliphatic carbocycles. The number of para-hydroxylation sites is 1. The third-order valence-corrected chi connectivity index (χ3v) is 3.09. The van der Waals surface area contributed by atoms with Gasteiger partial charge in [0.05, 0.1) is 6.61 Å². The summed E-state index contributed by atoms with van der Waals surface area (Å²) in [4.78, 5) is 0. The highest BCUT2D eigenvalue weighted by Crippen LogP contribution is 2.22. The lowest BCUT2D eigenvalue weighted by Crippen LogP contribution is -2.10. The predicted molar refractivity (Wildman–Crippen MR) is 80.5 cm³/mol. The van der Waals surface area contributed by atoms with Crippen molar-refractivity contribution in [2.24, 2.45) is 0 Å². The normalized spacial score (nSPS) is 11.3. The van der Waals surface area contributed by atoms with Crippen molar-refractivity contribution in [2.45, 2.75) is 26.2 Å². The summed E-state index contributed by atoms with van der Waals surface area (Å²) in [5, 5.41) is 0. The maximum absolute atomic E-state index is 5.65. The van der Waals surface area contributed by atoms with Crippen molar-refractivity contribution in [3.63, 3.8) is 0 Å². The van der Waals surface area contributed by atoms with Crippen molar-refractivity contribution in [3.05, 3.63) is 72.1 Å². The largest absolute Gasteiger partial charge is 0.493 e. The summed E-state index contributed by atoms with van der Waals surface area (Å²) in [5.74, 6) is 0.907. The van der Waals surface area contributed by atoms with E-state index in [2.05, 4.69) is 51.5 Å². The van der Waals surface area contributed by atoms with Crippen LogP contribution < -0.4 is 4.74 Å². The first-order valence-corrected chi connectivity index (χ1v) is 6.67. The van der Waals surface area contributed by atoms with Gasteiger partial charge in [0, 0.05) is 6.42 Å². The van der Waals surface area contributed by atoms with Gasteiger partial charge in [0.25, 0.3) is 0 Å². The summed E-state index contributed by atoms with van der Waals surface area (Å²) in [6, 6.07) is 18.6. The second-order valence-electron chi connectivity index (χ2n) is 5.70. The average Bonchev–Trinajstić information content (AvgIpc) is 2.39. The molecule has 0 heterocycles. The van der Waals surface area contributed by atoms with Crippen molar-refractivity contribution in [1.82, 2.24) is 0 Å². The van der Waals surface area contributed by atoms with Gasteiger partial charge in [0.1, 0.15) is 5.75 Å². The molecule has 0 saturated carbocycles. The molecule has 2 aromatic rings. The van der Waals surface area contributed by atoms with Crippen LogP contribution in [0.4, 0.5) is 0 Å². The molecule has 1 radical (unpaired) electrons. The molecular weight excluding hydrogens is 232 g/mol. The SMILES string of the molecule is CC(C)(C)c1ccc([CH]COc2ccccc2)cc1. The van der Waals surface area contributed by atoms with Crippen LogP contribution >= 0.6 is 0 Å². The molecule has 0 aromatic heterocycles. The number of benzene rings is 2. The van der Waals surface area contributed by atoms with Gasteiger partial charge < -0.3 is 4.74 Å². The van der Waals surface area contributed by atoms with Crippen LogP contribution in [0.5, 0.6) is 5.75 Å². The zero-order chi connectivity index (χ0) is 13.7. The predicted octanol–water partition coefficient (Wildman–Crippen LogP) is 4.62. The molecule has 0 aliphatic heterocycles. The number of hydrogen-bond donors (Lipinski definition) is 0. The van der Waals surface area contributed by atoms with E-state index < -0.39 is 0 Å². The van der Waals surface area contributed by atoms with E-state index in [-0.39, 0.29) is 5.41 Å². The first-order valence-electron chi connectivity index (χ1n) is 6.67. The van der Waals surface area contributed by atoms with Crippen molar-refractivity contribution < 1.29 is 4.74 Å². The number of hydrogen-bond acceptors (Lipinski definition) is 1. The van der Waals surface area contributed by atoms with Crippen LogP contribution in [0, 0.1) is 6.42 Å². The minimum Gasteiger partial charge on any atom is -0.493 e. The molecule has 0 unspecified atom stereocenters. The van der Waals surface area contributed by atoms with Crippen LogP contribution in [-0.2, 0) is 5.41 Å². The minimum absolute atomic E-state index is 0.207. The van der Waals surface area contributed by atoms with E-state index in [4.69, 9.17) is 4.74 Å². The van der Waals surface area contributed by atoms with E-state index in [1.807, 2.05) is 30.3 Å². The Morgan fingerprint density at radius 1 is 0.895 bits per heavy atom. The topological polar surface area (TPSA) is 9.23 Å². The Balaban J connectivity index is 1.87. The molecule has 99 valence electrons. The lowest BCUT2D eigenvalue weighted by Gasteiger charge is -2.19. The molecule has 0 N–H and O–H groups in total. The Labute approximate surface area is 116 Å². The maximum atomic E-state index is 5.65. The summed E-state index contributed by atoms with van der Waals surface area (Å²) in [5.41, 5.74) is 2.76. The van der Waals surface area contributed by atoms with Gasteiger partial charge in [0.15, 0.2) is 0 Å². The molecule has 2 aromatic carbocycles. The van der Waals surface area contributed by atoms with Crippen LogP contribution in [0.1, 0.15) is 31.9 Å². The molecule has 1 nitrogen and oxygen atoms in total. The Bertz CT molecular complexity index is 491. The van der Waals surface area contributed by atoms with Crippen LogP contribution in [0.3, 0.4) is 0 Å². The first-order chi connectivity index (χ1) is 9.05. The van der Waals surface area contributed by atoms with Gasteiger partial charge in [-0.05, 0) is 28.7 Å². The van der Waals surface area contributed by atoms with E-state index in [0.717, 1.165) is 5.75 Å². The first kappa shape index (κ1) is 13.7. The fourth-order valence-electron chi connectivity index (χ4n) is 1.87. The monoisotopic (exact) mass is 253 g/mol. The molecule has 2 rings (SSSR count). The minimum atomic E-state index is 0.207. The second kappa shape index (κ2) is 5.92. The van der Waals surface area contributed by atoms with Gasteiger partial charge in [-0.2, -0.15) is 0 Å². The van der Waals surface area contributed by atoms with Crippen molar-refractivity contribution in [3.8, 4) is 5.75 Å². The second-order valence-corrected chi connectivity index (χ2v) is 5.70. The maximum Gasteiger partial charge on any atom is 0.119 e. The molecule has 19 heavy (non-hydrogen) atoms. The van der Waals surface area contributed by atoms with Crippen LogP contribution in [-0.4, -0.2) is 6.61 Å². The highest BCUT2D eigenvalue weighted by molar-refractivity contribution is 5.31. The van der Waals surface area contributed by atoms with E-state index in [1.165, 1.54) is 11.1 Å². The summed E-state index contributed by atoms with van der Waals surface area (Å²) in [7, 11) is 0. The van der Waals surface area contributed by atoms with E-state index in [9.17, 15) is 0 Å². The highest BCUT2D eigenvalue weighted by Gasteiger charge is 2.12. The van der Waals surface area contributed by atoms with Gasteiger partial charge >= 0.3 is 0 Å². The molecule has 0 aliphatic rings. The van der Waals surface area contributed by atoms with E-state index in [0.29, 0.717) is 6.61 Å². The lowest BCUT2D eigenvalue weighted by atomic mass is 9.86. The molecule has 0 saturated heterocycles. The third-order valence-electron chi connectivity index (χ3n) is 3.09. The summed E-state index contributed by atoms with van der Waals surface area (Å²) in [6.07, 6.45) is 2.10. The number of rotatable bonds is 4. The Morgan fingerprint density at radius 2 is 1.53 bits per heavy atom. The molecular formula is C18H21O. The van der Waals surface area contributed by atoms with Crippen LogP contribution in [0.15, 0.2) is 54.6 Å². The fraction of sp³-hybridized carbons (Fsp3) is 0.278. The van der Waals surface area contributed by atoms with Crippen molar-refractivity contribution in [1.29, 1.82) is 0 Å². The van der Waals surface area contributed by atoms with Crippen LogP contribution in [0.2, 0.25) is 0 Å². The van der Waals surface area contributed by atoms with Gasteiger partial charge in [-0.3, -0.25) is 0 Å². The summed E-state index contributed by atoms with van der Waals surface area (Å²) in [6.45, 7) is 7.28. The fourth-order valence-corrected chi connectivity index (χ4v) is 1.87. The average molecular weight is 253 g/mol. The van der Waals surface area contributed by atoms with Gasteiger partial charge in [-0.1, -0.05) is 63.2 Å². The molecule has 0 amide bonds. The molecule has 0 spiro atoms. The molecule has 1 heteroatoms. The Kier molecular flexibility index (Phi) is 4.26. The molecule has 0 atom stereocenters. The summed E-state index contributed by atoms with van der Waals surface area (Å²) < 4.78 is 5.65. The van der Waals surface area contributed by atoms with Crippen LogP contribution in [0.25, 0.3) is 0 Å². The van der Waals surface area contributed by atoms with Gasteiger partial charge in [-0.15, -0.1) is 0 Å². The van der Waals surface area contributed by atoms with E-state index in [1.54, 1.807) is 0 Å². The van der Waals surface area contributed by atoms with Gasteiger partial charge in [0.2, 0.25) is 0 Å². The Morgan fingerprint density at radius 3 is 2.11 bits per heavy atom. The van der Waals surface area contributed by atoms with E-state index >= 15 is 0 Å². The zero-order valence-corrected chi connectivity index (χ0v) is 11.9. The molecule has 0 bridgehead atoms. The number of ether oxygens (including phenoxy) is 1. The quantitative estimate of drug-likeness (QED) is 0.772. The zero-order valence-electron chi connectivity index (χ0n) is 11.9. The van der Waals surface area contributed by atoms with Crippen molar-refractivity contribution in [2.75, 3.05) is 6.61 Å². The molecule has 0 fully saturated rings. The smallest absolute Gasteiger partial charge is 0.119 e.